The highest BCUT2D eigenvalue weighted by atomic mass is 16.5. The van der Waals surface area contributed by atoms with E-state index in [9.17, 15) is 0 Å². The van der Waals surface area contributed by atoms with Gasteiger partial charge in [0.25, 0.3) is 0 Å². The third-order valence-corrected chi connectivity index (χ3v) is 8.03. The van der Waals surface area contributed by atoms with Crippen LogP contribution in [-0.4, -0.2) is 38.3 Å². The number of ether oxygens (including phenoxy) is 1. The van der Waals surface area contributed by atoms with Gasteiger partial charge in [0.15, 0.2) is 0 Å². The predicted molar refractivity (Wildman–Crippen MR) is 182 cm³/mol. The lowest BCUT2D eigenvalue weighted by Crippen LogP contribution is -2.25. The van der Waals surface area contributed by atoms with E-state index in [1.54, 1.807) is 0 Å². The minimum absolute atomic E-state index is 0.426. The van der Waals surface area contributed by atoms with Gasteiger partial charge >= 0.3 is 0 Å². The van der Waals surface area contributed by atoms with E-state index >= 15 is 0 Å². The Hall–Kier alpha value is -0.860. The van der Waals surface area contributed by atoms with Crippen LogP contribution in [-0.2, 0) is 4.74 Å². The molecule has 0 aliphatic rings. The Morgan fingerprint density at radius 2 is 0.875 bits per heavy atom. The molecule has 0 rings (SSSR count). The van der Waals surface area contributed by atoms with E-state index in [2.05, 4.69) is 76.2 Å². The average Bonchev–Trinajstić information content (AvgIpc) is 2.94. The van der Waals surface area contributed by atoms with Gasteiger partial charge in [-0.1, -0.05) is 95.8 Å². The molecule has 0 radical (unpaired) electrons. The number of unbranched alkanes of at least 4 members (excludes halogenated alkanes) is 13. The van der Waals surface area contributed by atoms with Gasteiger partial charge in [-0.25, -0.2) is 0 Å². The number of hydrogen-bond donors (Lipinski definition) is 0. The lowest BCUT2D eigenvalue weighted by molar-refractivity contribution is -0.00287. The molecule has 0 aliphatic heterocycles. The molecule has 0 N–H and O–H groups in total. The van der Waals surface area contributed by atoms with Gasteiger partial charge in [0.05, 0.1) is 6.10 Å². The Balaban J connectivity index is 4.93. The molecule has 0 aromatic heterocycles. The molecule has 1 unspecified atom stereocenters. The molecule has 0 saturated carbocycles. The van der Waals surface area contributed by atoms with E-state index in [4.69, 9.17) is 4.74 Å². The molecule has 1 atom stereocenters. The first-order valence-electron chi connectivity index (χ1n) is 17.9. The largest absolute Gasteiger partial charge is 0.378 e. The average molecular weight is 560 g/mol. The van der Waals surface area contributed by atoms with E-state index in [1.165, 1.54) is 148 Å². The topological polar surface area (TPSA) is 12.5 Å². The molecular formula is C38H73NO. The van der Waals surface area contributed by atoms with E-state index in [-0.39, 0.29) is 0 Å². The van der Waals surface area contributed by atoms with Crippen molar-refractivity contribution < 1.29 is 4.74 Å². The summed E-state index contributed by atoms with van der Waals surface area (Å²) in [5, 5.41) is 0. The Kier molecular flexibility index (Phi) is 31.9. The van der Waals surface area contributed by atoms with Gasteiger partial charge in [-0.2, -0.15) is 0 Å². The SMILES string of the molecule is CCCCC/C=C/CCCC(CCC/C=C/CCCCC)C(CCC/C=C/CCCCC)OCCCCN(C)C. The highest BCUT2D eigenvalue weighted by molar-refractivity contribution is 4.85. The van der Waals surface area contributed by atoms with E-state index < -0.39 is 0 Å². The van der Waals surface area contributed by atoms with Crippen molar-refractivity contribution in [3.8, 4) is 0 Å². The van der Waals surface area contributed by atoms with E-state index in [0.29, 0.717) is 12.0 Å². The van der Waals surface area contributed by atoms with Crippen molar-refractivity contribution in [1.29, 1.82) is 0 Å². The molecule has 0 fully saturated rings. The lowest BCUT2D eigenvalue weighted by Gasteiger charge is -2.28. The lowest BCUT2D eigenvalue weighted by atomic mass is 9.87. The smallest absolute Gasteiger partial charge is 0.0603 e. The van der Waals surface area contributed by atoms with Gasteiger partial charge < -0.3 is 9.64 Å². The summed E-state index contributed by atoms with van der Waals surface area (Å²) in [7, 11) is 4.35. The molecule has 40 heavy (non-hydrogen) atoms. The van der Waals surface area contributed by atoms with Crippen LogP contribution in [0, 0.1) is 5.92 Å². The summed E-state index contributed by atoms with van der Waals surface area (Å²) in [6, 6.07) is 0. The van der Waals surface area contributed by atoms with Crippen molar-refractivity contribution in [2.75, 3.05) is 27.2 Å². The summed E-state index contributed by atoms with van der Waals surface area (Å²) in [5.41, 5.74) is 0. The maximum atomic E-state index is 6.71. The standard InChI is InChI=1S/C38H73NO/c1-6-9-12-15-18-21-24-27-32-37(33-28-25-22-19-16-13-10-7-2)38(40-36-31-30-35-39(4)5)34-29-26-23-20-17-14-11-8-3/h18-23,37-38H,6-17,24-36H2,1-5H3/b21-18+,22-19+,23-20+. The van der Waals surface area contributed by atoms with Crippen molar-refractivity contribution >= 4 is 0 Å². The second-order valence-electron chi connectivity index (χ2n) is 12.4. The zero-order valence-electron chi connectivity index (χ0n) is 28.2. The fourth-order valence-corrected chi connectivity index (χ4v) is 5.41. The van der Waals surface area contributed by atoms with Crippen LogP contribution in [0.5, 0.6) is 0 Å². The van der Waals surface area contributed by atoms with Crippen LogP contribution in [0.25, 0.3) is 0 Å². The molecule has 0 amide bonds. The van der Waals surface area contributed by atoms with Gasteiger partial charge in [-0.05, 0) is 136 Å². The first-order chi connectivity index (χ1) is 19.7. The molecule has 236 valence electrons. The molecule has 0 spiro atoms. The molecule has 2 heteroatoms. The summed E-state index contributed by atoms with van der Waals surface area (Å²) >= 11 is 0. The summed E-state index contributed by atoms with van der Waals surface area (Å²) in [5.74, 6) is 0.698. The van der Waals surface area contributed by atoms with Crippen LogP contribution in [0.1, 0.15) is 168 Å². The Morgan fingerprint density at radius 3 is 1.27 bits per heavy atom. The first kappa shape index (κ1) is 39.1. The summed E-state index contributed by atoms with van der Waals surface area (Å²) < 4.78 is 6.71. The van der Waals surface area contributed by atoms with E-state index in [0.717, 1.165) is 13.2 Å². The maximum absolute atomic E-state index is 6.71. The normalized spacial score (nSPS) is 13.3. The molecule has 0 aromatic carbocycles. The third kappa shape index (κ3) is 28.7. The molecule has 0 aliphatic carbocycles. The number of rotatable bonds is 31. The van der Waals surface area contributed by atoms with Crippen molar-refractivity contribution in [1.82, 2.24) is 4.90 Å². The number of hydrogen-bond acceptors (Lipinski definition) is 2. The van der Waals surface area contributed by atoms with Gasteiger partial charge in [-0.3, -0.25) is 0 Å². The van der Waals surface area contributed by atoms with Crippen molar-refractivity contribution in [2.24, 2.45) is 5.92 Å². The Bertz CT molecular complexity index is 538. The number of nitrogens with zero attached hydrogens (tertiary/aromatic N) is 1. The number of allylic oxidation sites excluding steroid dienone is 6. The zero-order chi connectivity index (χ0) is 29.4. The molecular weight excluding hydrogens is 486 g/mol. The van der Waals surface area contributed by atoms with Crippen LogP contribution in [0.2, 0.25) is 0 Å². The van der Waals surface area contributed by atoms with Crippen LogP contribution >= 0.6 is 0 Å². The van der Waals surface area contributed by atoms with Crippen molar-refractivity contribution in [3.63, 3.8) is 0 Å². The second kappa shape index (κ2) is 32.7. The zero-order valence-corrected chi connectivity index (χ0v) is 28.2. The van der Waals surface area contributed by atoms with Crippen LogP contribution in [0.3, 0.4) is 0 Å². The maximum Gasteiger partial charge on any atom is 0.0603 e. The minimum atomic E-state index is 0.426. The second-order valence-corrected chi connectivity index (χ2v) is 12.4. The molecule has 0 saturated heterocycles. The van der Waals surface area contributed by atoms with Crippen molar-refractivity contribution in [3.05, 3.63) is 36.5 Å². The highest BCUT2D eigenvalue weighted by Gasteiger charge is 2.21. The summed E-state index contributed by atoms with van der Waals surface area (Å²) in [6.45, 7) is 8.95. The molecule has 0 aromatic rings. The van der Waals surface area contributed by atoms with Crippen LogP contribution in [0.15, 0.2) is 36.5 Å². The predicted octanol–water partition coefficient (Wildman–Crippen LogP) is 12.2. The van der Waals surface area contributed by atoms with Crippen molar-refractivity contribution in [2.45, 2.75) is 175 Å². The first-order valence-corrected chi connectivity index (χ1v) is 17.9. The van der Waals surface area contributed by atoms with E-state index in [1.807, 2.05) is 0 Å². The van der Waals surface area contributed by atoms with Gasteiger partial charge in [0, 0.05) is 6.61 Å². The fourth-order valence-electron chi connectivity index (χ4n) is 5.41. The third-order valence-electron chi connectivity index (χ3n) is 8.03. The highest BCUT2D eigenvalue weighted by Crippen LogP contribution is 2.27. The minimum Gasteiger partial charge on any atom is -0.378 e. The summed E-state index contributed by atoms with van der Waals surface area (Å²) in [4.78, 5) is 2.29. The van der Waals surface area contributed by atoms with Crippen LogP contribution in [0.4, 0.5) is 0 Å². The van der Waals surface area contributed by atoms with Gasteiger partial charge in [0.2, 0.25) is 0 Å². The fraction of sp³-hybridized carbons (Fsp3) is 0.842. The monoisotopic (exact) mass is 560 g/mol. The van der Waals surface area contributed by atoms with Gasteiger partial charge in [-0.15, -0.1) is 0 Å². The molecule has 0 heterocycles. The molecule has 0 bridgehead atoms. The Morgan fingerprint density at radius 1 is 0.475 bits per heavy atom. The van der Waals surface area contributed by atoms with Crippen LogP contribution < -0.4 is 0 Å². The quantitative estimate of drug-likeness (QED) is 0.0618. The van der Waals surface area contributed by atoms with Gasteiger partial charge in [0.1, 0.15) is 0 Å². The Labute approximate surface area is 253 Å². The summed E-state index contributed by atoms with van der Waals surface area (Å²) in [6.07, 6.45) is 44.7. The molecule has 2 nitrogen and oxygen atoms in total.